The molecule has 0 saturated heterocycles. The molecule has 2 aromatic carbocycles. The number of hydrogen-bond donors (Lipinski definition) is 3. The fraction of sp³-hybridized carbons (Fsp3) is 0.211. The van der Waals surface area contributed by atoms with Crippen LogP contribution in [0.25, 0.3) is 11.0 Å². The van der Waals surface area contributed by atoms with Crippen LogP contribution in [-0.4, -0.2) is 17.1 Å². The smallest absolute Gasteiger partial charge is 0.119 e. The lowest BCUT2D eigenvalue weighted by Crippen LogP contribution is -2.32. The van der Waals surface area contributed by atoms with Crippen LogP contribution >= 0.6 is 0 Å². The highest BCUT2D eigenvalue weighted by atomic mass is 16.7. The van der Waals surface area contributed by atoms with E-state index in [1.807, 2.05) is 31.2 Å². The Morgan fingerprint density at radius 3 is 2.68 bits per heavy atom. The van der Waals surface area contributed by atoms with Gasteiger partial charge >= 0.3 is 0 Å². The molecule has 3 N–H and O–H groups in total. The number of aromatic nitrogens is 2. The fourth-order valence-corrected chi connectivity index (χ4v) is 3.07. The number of hydrogen-bond acceptors (Lipinski definition) is 5. The first-order valence-electron chi connectivity index (χ1n) is 8.09. The number of ether oxygens (including phenoxy) is 1. The largest absolute Gasteiger partial charge is 0.497 e. The predicted octanol–water partition coefficient (Wildman–Crippen LogP) is 3.97. The van der Waals surface area contributed by atoms with Crippen LogP contribution < -0.4 is 15.5 Å². The highest BCUT2D eigenvalue weighted by Crippen LogP contribution is 2.34. The normalized spacial score (nSPS) is 19.6. The Morgan fingerprint density at radius 2 is 2.00 bits per heavy atom. The zero-order chi connectivity index (χ0) is 17.4. The molecule has 25 heavy (non-hydrogen) atoms. The molecule has 128 valence electrons. The van der Waals surface area contributed by atoms with Gasteiger partial charge in [-0.1, -0.05) is 0 Å². The molecular formula is C19H20N4O2. The third kappa shape index (κ3) is 2.81. The number of anilines is 2. The van der Waals surface area contributed by atoms with Crippen molar-refractivity contribution in [1.82, 2.24) is 15.4 Å². The van der Waals surface area contributed by atoms with Gasteiger partial charge in [-0.25, -0.2) is 4.98 Å². The van der Waals surface area contributed by atoms with Crippen molar-refractivity contribution >= 4 is 22.4 Å². The first-order valence-corrected chi connectivity index (χ1v) is 8.09. The van der Waals surface area contributed by atoms with Crippen molar-refractivity contribution in [3.63, 3.8) is 0 Å². The van der Waals surface area contributed by atoms with E-state index in [2.05, 4.69) is 45.9 Å². The van der Waals surface area contributed by atoms with Gasteiger partial charge in [0, 0.05) is 5.69 Å². The van der Waals surface area contributed by atoms with E-state index in [1.165, 1.54) is 0 Å². The molecule has 0 radical (unpaired) electrons. The number of methoxy groups -OCH3 is 1. The Balaban J connectivity index is 1.76. The lowest BCUT2D eigenvalue weighted by atomic mass is 9.92. The van der Waals surface area contributed by atoms with Crippen LogP contribution in [0.4, 0.5) is 11.4 Å². The van der Waals surface area contributed by atoms with Crippen LogP contribution in [-0.2, 0) is 10.4 Å². The van der Waals surface area contributed by atoms with Crippen molar-refractivity contribution in [3.05, 3.63) is 60.1 Å². The van der Waals surface area contributed by atoms with Crippen LogP contribution in [0.3, 0.4) is 0 Å². The molecule has 6 nitrogen and oxygen atoms in total. The van der Waals surface area contributed by atoms with E-state index in [9.17, 15) is 0 Å². The van der Waals surface area contributed by atoms with Gasteiger partial charge in [0.25, 0.3) is 0 Å². The maximum Gasteiger partial charge on any atom is 0.119 e. The van der Waals surface area contributed by atoms with E-state index in [0.717, 1.165) is 39.5 Å². The first kappa shape index (κ1) is 15.5. The van der Waals surface area contributed by atoms with Gasteiger partial charge in [-0.2, -0.15) is 0 Å². The minimum atomic E-state index is -0.389. The molecule has 1 aliphatic rings. The van der Waals surface area contributed by atoms with Crippen molar-refractivity contribution in [1.29, 1.82) is 0 Å². The van der Waals surface area contributed by atoms with Crippen LogP contribution in [0.1, 0.15) is 19.4 Å². The van der Waals surface area contributed by atoms with E-state index in [0.29, 0.717) is 0 Å². The molecule has 1 aromatic heterocycles. The number of rotatable bonds is 4. The summed E-state index contributed by atoms with van der Waals surface area (Å²) in [5.74, 6) is 1.68. The fourth-order valence-electron chi connectivity index (χ4n) is 3.07. The van der Waals surface area contributed by atoms with E-state index >= 15 is 0 Å². The summed E-state index contributed by atoms with van der Waals surface area (Å²) in [5.41, 5.74) is 7.54. The molecule has 0 bridgehead atoms. The SMILES string of the molecule is COc1ccc(Nc2cc(C3(C)C=C(C)ON3)cc3[nH]cnc23)cc1. The van der Waals surface area contributed by atoms with Gasteiger partial charge in [0.05, 0.1) is 30.2 Å². The number of aromatic amines is 1. The summed E-state index contributed by atoms with van der Waals surface area (Å²) >= 11 is 0. The molecule has 0 aliphatic carbocycles. The highest BCUT2D eigenvalue weighted by Gasteiger charge is 2.31. The zero-order valence-corrected chi connectivity index (χ0v) is 14.4. The second-order valence-corrected chi connectivity index (χ2v) is 6.34. The van der Waals surface area contributed by atoms with Crippen molar-refractivity contribution in [2.45, 2.75) is 19.4 Å². The second-order valence-electron chi connectivity index (χ2n) is 6.34. The molecule has 6 heteroatoms. The van der Waals surface area contributed by atoms with E-state index < -0.39 is 0 Å². The Morgan fingerprint density at radius 1 is 1.20 bits per heavy atom. The summed E-state index contributed by atoms with van der Waals surface area (Å²) in [4.78, 5) is 13.1. The number of nitrogens with zero attached hydrogens (tertiary/aromatic N) is 1. The molecule has 4 rings (SSSR count). The van der Waals surface area contributed by atoms with Crippen molar-refractivity contribution in [2.75, 3.05) is 12.4 Å². The molecule has 1 unspecified atom stereocenters. The van der Waals surface area contributed by atoms with Gasteiger partial charge in [-0.15, -0.1) is 5.48 Å². The average molecular weight is 336 g/mol. The van der Waals surface area contributed by atoms with Gasteiger partial charge < -0.3 is 19.9 Å². The number of nitrogens with one attached hydrogen (secondary N) is 3. The van der Waals surface area contributed by atoms with Gasteiger partial charge in [0.15, 0.2) is 0 Å². The first-order chi connectivity index (χ1) is 12.1. The number of H-pyrrole nitrogens is 1. The Bertz CT molecular complexity index is 946. The van der Waals surface area contributed by atoms with E-state index in [-0.39, 0.29) is 5.54 Å². The highest BCUT2D eigenvalue weighted by molar-refractivity contribution is 5.91. The Labute approximate surface area is 145 Å². The monoisotopic (exact) mass is 336 g/mol. The van der Waals surface area contributed by atoms with Crippen molar-refractivity contribution in [3.8, 4) is 5.75 Å². The summed E-state index contributed by atoms with van der Waals surface area (Å²) in [7, 11) is 1.66. The predicted molar refractivity (Wildman–Crippen MR) is 97.7 cm³/mol. The van der Waals surface area contributed by atoms with Gasteiger partial charge in [-0.3, -0.25) is 0 Å². The summed E-state index contributed by atoms with van der Waals surface area (Å²) in [6.07, 6.45) is 3.78. The maximum atomic E-state index is 5.45. The van der Waals surface area contributed by atoms with E-state index in [4.69, 9.17) is 9.57 Å². The van der Waals surface area contributed by atoms with Gasteiger partial charge in [-0.05, 0) is 61.9 Å². The van der Waals surface area contributed by atoms with Crippen LogP contribution in [0, 0.1) is 0 Å². The molecule has 0 amide bonds. The molecule has 0 saturated carbocycles. The molecule has 0 spiro atoms. The number of hydroxylamine groups is 1. The number of allylic oxidation sites excluding steroid dienone is 1. The van der Waals surface area contributed by atoms with Crippen molar-refractivity contribution in [2.24, 2.45) is 0 Å². The summed E-state index contributed by atoms with van der Waals surface area (Å²) in [6.45, 7) is 4.02. The van der Waals surface area contributed by atoms with Gasteiger partial charge in [0.2, 0.25) is 0 Å². The van der Waals surface area contributed by atoms with E-state index in [1.54, 1.807) is 13.4 Å². The third-order valence-corrected chi connectivity index (χ3v) is 4.41. The molecule has 2 heterocycles. The molecular weight excluding hydrogens is 316 g/mol. The van der Waals surface area contributed by atoms with Gasteiger partial charge in [0.1, 0.15) is 17.0 Å². The minimum Gasteiger partial charge on any atom is -0.497 e. The van der Waals surface area contributed by atoms with Crippen LogP contribution in [0.2, 0.25) is 0 Å². The standard InChI is InChI=1S/C19H20N4O2/c1-12-10-19(2,23-25-12)13-8-16-18(21-11-20-16)17(9-13)22-14-4-6-15(24-3)7-5-14/h4-11,22-23H,1-3H3,(H,20,21). The Hall–Kier alpha value is -2.99. The second kappa shape index (κ2) is 5.82. The zero-order valence-electron chi connectivity index (χ0n) is 14.4. The third-order valence-electron chi connectivity index (χ3n) is 4.41. The number of benzene rings is 2. The van der Waals surface area contributed by atoms with Crippen LogP contribution in [0.5, 0.6) is 5.75 Å². The lowest BCUT2D eigenvalue weighted by molar-refractivity contribution is 0.0854. The number of fused-ring (bicyclic) bond motifs is 1. The minimum absolute atomic E-state index is 0.389. The molecule has 0 fully saturated rings. The van der Waals surface area contributed by atoms with Crippen LogP contribution in [0.15, 0.2) is 54.6 Å². The summed E-state index contributed by atoms with van der Waals surface area (Å²) in [5, 5.41) is 3.45. The summed E-state index contributed by atoms with van der Waals surface area (Å²) in [6, 6.07) is 12.0. The average Bonchev–Trinajstić information content (AvgIpc) is 3.22. The number of imidazole rings is 1. The molecule has 3 aromatic rings. The maximum absolute atomic E-state index is 5.45. The topological polar surface area (TPSA) is 71.2 Å². The lowest BCUT2D eigenvalue weighted by Gasteiger charge is -2.22. The summed E-state index contributed by atoms with van der Waals surface area (Å²) < 4.78 is 5.21. The Kier molecular flexibility index (Phi) is 3.62. The quantitative estimate of drug-likeness (QED) is 0.672. The molecule has 1 aliphatic heterocycles. The van der Waals surface area contributed by atoms with Crippen molar-refractivity contribution < 1.29 is 9.57 Å². The molecule has 1 atom stereocenters.